The fourth-order valence-electron chi connectivity index (χ4n) is 1.44. The third-order valence-corrected chi connectivity index (χ3v) is 2.53. The van der Waals surface area contributed by atoms with E-state index in [-0.39, 0.29) is 0 Å². The lowest BCUT2D eigenvalue weighted by Crippen LogP contribution is -1.75. The number of hydrogen-bond donors (Lipinski definition) is 0. The average Bonchev–Trinajstić information content (AvgIpc) is 2.52. The molecule has 0 aliphatic rings. The van der Waals surface area contributed by atoms with Crippen molar-refractivity contribution in [3.05, 3.63) is 23.4 Å². The molecule has 0 N–H and O–H groups in total. The molecule has 0 saturated carbocycles. The maximum absolute atomic E-state index is 5.44. The number of nitrogens with zero attached hydrogens (tertiary/aromatic N) is 1. The summed E-state index contributed by atoms with van der Waals surface area (Å²) in [4.78, 5) is 4.29. The number of unbranched alkanes of at least 4 members (excludes halogenated alkanes) is 4. The van der Waals surface area contributed by atoms with Crippen LogP contribution in [0, 0.1) is 13.8 Å². The highest BCUT2D eigenvalue weighted by atomic mass is 16.4. The van der Waals surface area contributed by atoms with Gasteiger partial charge < -0.3 is 4.42 Å². The van der Waals surface area contributed by atoms with Crippen LogP contribution in [0.25, 0.3) is 6.08 Å². The van der Waals surface area contributed by atoms with Gasteiger partial charge in [-0.2, -0.15) is 0 Å². The zero-order valence-electron chi connectivity index (χ0n) is 10.0. The van der Waals surface area contributed by atoms with Gasteiger partial charge in [-0.15, -0.1) is 0 Å². The zero-order chi connectivity index (χ0) is 11.1. The SMILES string of the molecule is CCCCCC/C=C/c1nc(C)c(C)o1. The highest BCUT2D eigenvalue weighted by molar-refractivity contribution is 5.38. The van der Waals surface area contributed by atoms with Gasteiger partial charge in [0.1, 0.15) is 5.76 Å². The lowest BCUT2D eigenvalue weighted by atomic mass is 10.1. The second kappa shape index (κ2) is 6.44. The summed E-state index contributed by atoms with van der Waals surface area (Å²) >= 11 is 0. The topological polar surface area (TPSA) is 26.0 Å². The molecule has 0 spiro atoms. The Kier molecular flexibility index (Phi) is 5.16. The van der Waals surface area contributed by atoms with Gasteiger partial charge in [-0.1, -0.05) is 32.3 Å². The molecule has 2 nitrogen and oxygen atoms in total. The van der Waals surface area contributed by atoms with Gasteiger partial charge in [0.2, 0.25) is 5.89 Å². The Morgan fingerprint density at radius 3 is 2.60 bits per heavy atom. The number of aryl methyl sites for hydroxylation is 2. The van der Waals surface area contributed by atoms with Gasteiger partial charge in [-0.05, 0) is 32.8 Å². The Morgan fingerprint density at radius 2 is 2.00 bits per heavy atom. The quantitative estimate of drug-likeness (QED) is 0.651. The number of hydrogen-bond acceptors (Lipinski definition) is 2. The summed E-state index contributed by atoms with van der Waals surface area (Å²) in [6, 6.07) is 0. The molecule has 84 valence electrons. The molecule has 0 aliphatic heterocycles. The molecule has 1 rings (SSSR count). The van der Waals surface area contributed by atoms with Crippen molar-refractivity contribution < 1.29 is 4.42 Å². The molecule has 2 heteroatoms. The van der Waals surface area contributed by atoms with Crippen LogP contribution >= 0.6 is 0 Å². The summed E-state index contributed by atoms with van der Waals surface area (Å²) in [7, 11) is 0. The molecule has 1 aromatic heterocycles. The summed E-state index contributed by atoms with van der Waals surface area (Å²) in [5, 5.41) is 0. The van der Waals surface area contributed by atoms with E-state index in [0.29, 0.717) is 0 Å². The highest BCUT2D eigenvalue weighted by Gasteiger charge is 2.00. The third-order valence-electron chi connectivity index (χ3n) is 2.53. The maximum atomic E-state index is 5.44. The molecule has 0 aromatic carbocycles. The van der Waals surface area contributed by atoms with Crippen LogP contribution in [0.15, 0.2) is 10.5 Å². The highest BCUT2D eigenvalue weighted by Crippen LogP contribution is 2.10. The number of rotatable bonds is 6. The van der Waals surface area contributed by atoms with Crippen molar-refractivity contribution in [3.8, 4) is 0 Å². The van der Waals surface area contributed by atoms with Crippen LogP contribution in [-0.4, -0.2) is 4.98 Å². The Bertz CT molecular complexity index is 293. The van der Waals surface area contributed by atoms with Gasteiger partial charge in [0, 0.05) is 0 Å². The molecule has 15 heavy (non-hydrogen) atoms. The van der Waals surface area contributed by atoms with Crippen LogP contribution in [-0.2, 0) is 0 Å². The smallest absolute Gasteiger partial charge is 0.218 e. The van der Waals surface area contributed by atoms with Gasteiger partial charge in [-0.25, -0.2) is 4.98 Å². The fraction of sp³-hybridized carbons (Fsp3) is 0.615. The van der Waals surface area contributed by atoms with E-state index in [0.717, 1.165) is 23.8 Å². The first kappa shape index (κ1) is 12.0. The Hall–Kier alpha value is -1.05. The van der Waals surface area contributed by atoms with Crippen molar-refractivity contribution in [1.29, 1.82) is 0 Å². The monoisotopic (exact) mass is 207 g/mol. The van der Waals surface area contributed by atoms with Crippen molar-refractivity contribution in [1.82, 2.24) is 4.98 Å². The summed E-state index contributed by atoms with van der Waals surface area (Å²) in [5.74, 6) is 1.65. The van der Waals surface area contributed by atoms with Crippen molar-refractivity contribution in [2.45, 2.75) is 52.9 Å². The maximum Gasteiger partial charge on any atom is 0.218 e. The van der Waals surface area contributed by atoms with Crippen molar-refractivity contribution >= 4 is 6.08 Å². The van der Waals surface area contributed by atoms with Crippen LogP contribution in [0.1, 0.15) is 56.4 Å². The standard InChI is InChI=1S/C13H21NO/c1-4-5-6-7-8-9-10-13-14-11(2)12(3)15-13/h9-10H,4-8H2,1-3H3/b10-9+. The molecule has 0 amide bonds. The number of allylic oxidation sites excluding steroid dienone is 1. The van der Waals surface area contributed by atoms with Crippen LogP contribution in [0.5, 0.6) is 0 Å². The van der Waals surface area contributed by atoms with E-state index in [4.69, 9.17) is 4.42 Å². The molecule has 1 aromatic rings. The fourth-order valence-corrected chi connectivity index (χ4v) is 1.44. The van der Waals surface area contributed by atoms with Crippen molar-refractivity contribution in [3.63, 3.8) is 0 Å². The van der Waals surface area contributed by atoms with Crippen molar-refractivity contribution in [2.75, 3.05) is 0 Å². The molecule has 0 fully saturated rings. The first-order valence-corrected chi connectivity index (χ1v) is 5.84. The van der Waals surface area contributed by atoms with E-state index in [9.17, 15) is 0 Å². The van der Waals surface area contributed by atoms with E-state index in [2.05, 4.69) is 18.0 Å². The van der Waals surface area contributed by atoms with Crippen LogP contribution in [0.2, 0.25) is 0 Å². The lowest BCUT2D eigenvalue weighted by molar-refractivity contribution is 0.515. The Balaban J connectivity index is 2.26. The van der Waals surface area contributed by atoms with E-state index >= 15 is 0 Å². The van der Waals surface area contributed by atoms with E-state index < -0.39 is 0 Å². The molecular formula is C13H21NO. The molecule has 0 atom stereocenters. The second-order valence-corrected chi connectivity index (χ2v) is 3.95. The minimum Gasteiger partial charge on any atom is -0.442 e. The van der Waals surface area contributed by atoms with Crippen LogP contribution in [0.4, 0.5) is 0 Å². The van der Waals surface area contributed by atoms with Gasteiger partial charge in [-0.3, -0.25) is 0 Å². The average molecular weight is 207 g/mol. The third kappa shape index (κ3) is 4.32. The minimum atomic E-state index is 0.737. The van der Waals surface area contributed by atoms with E-state index in [1.165, 1.54) is 25.7 Å². The van der Waals surface area contributed by atoms with Crippen LogP contribution in [0.3, 0.4) is 0 Å². The normalized spacial score (nSPS) is 11.4. The number of aromatic nitrogens is 1. The Morgan fingerprint density at radius 1 is 1.20 bits per heavy atom. The number of oxazole rings is 1. The molecule has 0 unspecified atom stereocenters. The molecule has 0 radical (unpaired) electrons. The predicted octanol–water partition coefficient (Wildman–Crippen LogP) is 4.28. The zero-order valence-corrected chi connectivity index (χ0v) is 10.0. The minimum absolute atomic E-state index is 0.737. The Labute approximate surface area is 92.4 Å². The summed E-state index contributed by atoms with van der Waals surface area (Å²) in [6.07, 6.45) is 10.5. The van der Waals surface area contributed by atoms with Crippen molar-refractivity contribution in [2.24, 2.45) is 0 Å². The first-order chi connectivity index (χ1) is 7.24. The first-order valence-electron chi connectivity index (χ1n) is 5.84. The van der Waals surface area contributed by atoms with Gasteiger partial charge in [0.25, 0.3) is 0 Å². The molecule has 1 heterocycles. The molecule has 0 aliphatic carbocycles. The molecule has 0 bridgehead atoms. The van der Waals surface area contributed by atoms with Gasteiger partial charge in [0.15, 0.2) is 0 Å². The summed E-state index contributed by atoms with van der Waals surface area (Å²) in [6.45, 7) is 6.15. The second-order valence-electron chi connectivity index (χ2n) is 3.95. The van der Waals surface area contributed by atoms with Crippen LogP contribution < -0.4 is 0 Å². The summed E-state index contributed by atoms with van der Waals surface area (Å²) in [5.41, 5.74) is 0.987. The largest absolute Gasteiger partial charge is 0.442 e. The van der Waals surface area contributed by atoms with E-state index in [1.807, 2.05) is 19.9 Å². The van der Waals surface area contributed by atoms with Gasteiger partial charge in [0.05, 0.1) is 5.69 Å². The lowest BCUT2D eigenvalue weighted by Gasteiger charge is -1.93. The van der Waals surface area contributed by atoms with E-state index in [1.54, 1.807) is 0 Å². The summed E-state index contributed by atoms with van der Waals surface area (Å²) < 4.78 is 5.44. The predicted molar refractivity (Wildman–Crippen MR) is 63.8 cm³/mol. The molecular weight excluding hydrogens is 186 g/mol. The molecule has 0 saturated heterocycles. The van der Waals surface area contributed by atoms with Gasteiger partial charge >= 0.3 is 0 Å².